The van der Waals surface area contributed by atoms with E-state index in [1.807, 2.05) is 4.90 Å². The van der Waals surface area contributed by atoms with Crippen LogP contribution in [0.4, 0.5) is 0 Å². The summed E-state index contributed by atoms with van der Waals surface area (Å²) in [5.41, 5.74) is 0. The lowest BCUT2D eigenvalue weighted by Crippen LogP contribution is -2.36. The van der Waals surface area contributed by atoms with Crippen LogP contribution in [0.15, 0.2) is 0 Å². The van der Waals surface area contributed by atoms with Gasteiger partial charge in [-0.1, -0.05) is 0 Å². The average molecular weight is 184 g/mol. The summed E-state index contributed by atoms with van der Waals surface area (Å²) in [5.74, 6) is 0.352. The summed E-state index contributed by atoms with van der Waals surface area (Å²) in [6, 6.07) is 0. The van der Waals surface area contributed by atoms with Gasteiger partial charge < -0.3 is 9.80 Å². The Balaban J connectivity index is 2.15. The highest BCUT2D eigenvalue weighted by Gasteiger charge is 2.16. The number of rotatable bonds is 4. The van der Waals surface area contributed by atoms with Crippen molar-refractivity contribution < 1.29 is 4.79 Å². The van der Waals surface area contributed by atoms with Crippen molar-refractivity contribution in [3.05, 3.63) is 0 Å². The van der Waals surface area contributed by atoms with Gasteiger partial charge in [-0.05, 0) is 39.9 Å². The molecule has 0 spiro atoms. The molecule has 1 fully saturated rings. The van der Waals surface area contributed by atoms with Gasteiger partial charge in [0.2, 0.25) is 5.91 Å². The van der Waals surface area contributed by atoms with Crippen LogP contribution in [0.1, 0.15) is 25.7 Å². The Morgan fingerprint density at radius 1 is 1.38 bits per heavy atom. The molecule has 3 heteroatoms. The third-order valence-electron chi connectivity index (χ3n) is 2.45. The van der Waals surface area contributed by atoms with Crippen LogP contribution in [-0.2, 0) is 4.79 Å². The van der Waals surface area contributed by atoms with E-state index in [1.54, 1.807) is 0 Å². The number of carbonyl (C=O) groups excluding carboxylic acids is 1. The lowest BCUT2D eigenvalue weighted by Gasteiger charge is -2.27. The van der Waals surface area contributed by atoms with Crippen molar-refractivity contribution in [3.8, 4) is 0 Å². The summed E-state index contributed by atoms with van der Waals surface area (Å²) < 4.78 is 0. The number of piperidine rings is 1. The predicted octanol–water partition coefficient (Wildman–Crippen LogP) is 0.951. The van der Waals surface area contributed by atoms with Gasteiger partial charge in [-0.15, -0.1) is 0 Å². The SMILES string of the molecule is CN(C)CCCN1CCCCC1=O. The first-order valence-corrected chi connectivity index (χ1v) is 5.12. The molecule has 0 aromatic rings. The fraction of sp³-hybridized carbons (Fsp3) is 0.900. The first-order chi connectivity index (χ1) is 6.20. The molecule has 76 valence electrons. The fourth-order valence-corrected chi connectivity index (χ4v) is 1.68. The van der Waals surface area contributed by atoms with Crippen molar-refractivity contribution >= 4 is 5.91 Å². The van der Waals surface area contributed by atoms with Gasteiger partial charge in [0.1, 0.15) is 0 Å². The monoisotopic (exact) mass is 184 g/mol. The molecular weight excluding hydrogens is 164 g/mol. The van der Waals surface area contributed by atoms with Crippen molar-refractivity contribution in [3.63, 3.8) is 0 Å². The third-order valence-corrected chi connectivity index (χ3v) is 2.45. The molecule has 0 atom stereocenters. The summed E-state index contributed by atoms with van der Waals surface area (Å²) in [5, 5.41) is 0. The maximum absolute atomic E-state index is 11.4. The predicted molar refractivity (Wildman–Crippen MR) is 53.6 cm³/mol. The van der Waals surface area contributed by atoms with Gasteiger partial charge >= 0.3 is 0 Å². The molecule has 1 aliphatic rings. The molecule has 0 unspecified atom stereocenters. The Labute approximate surface area is 80.7 Å². The van der Waals surface area contributed by atoms with Crippen molar-refractivity contribution in [1.82, 2.24) is 9.80 Å². The van der Waals surface area contributed by atoms with E-state index in [2.05, 4.69) is 19.0 Å². The van der Waals surface area contributed by atoms with Gasteiger partial charge in [-0.2, -0.15) is 0 Å². The van der Waals surface area contributed by atoms with E-state index in [1.165, 1.54) is 6.42 Å². The Morgan fingerprint density at radius 2 is 2.15 bits per heavy atom. The summed E-state index contributed by atoms with van der Waals surface area (Å²) >= 11 is 0. The molecular formula is C10H20N2O. The Hall–Kier alpha value is -0.570. The lowest BCUT2D eigenvalue weighted by atomic mass is 10.1. The first-order valence-electron chi connectivity index (χ1n) is 5.12. The summed E-state index contributed by atoms with van der Waals surface area (Å²) in [6.07, 6.45) is 4.14. The number of likely N-dealkylation sites (tertiary alicyclic amines) is 1. The molecule has 3 nitrogen and oxygen atoms in total. The minimum Gasteiger partial charge on any atom is -0.343 e. The first kappa shape index (κ1) is 10.5. The van der Waals surface area contributed by atoms with Crippen LogP contribution in [0.2, 0.25) is 0 Å². The Bertz CT molecular complexity index is 168. The third kappa shape index (κ3) is 3.77. The van der Waals surface area contributed by atoms with E-state index < -0.39 is 0 Å². The fourth-order valence-electron chi connectivity index (χ4n) is 1.68. The summed E-state index contributed by atoms with van der Waals surface area (Å²) in [4.78, 5) is 15.6. The largest absolute Gasteiger partial charge is 0.343 e. The van der Waals surface area contributed by atoms with Crippen LogP contribution >= 0.6 is 0 Å². The lowest BCUT2D eigenvalue weighted by molar-refractivity contribution is -0.133. The quantitative estimate of drug-likeness (QED) is 0.649. The number of amides is 1. The van der Waals surface area contributed by atoms with Gasteiger partial charge in [-0.25, -0.2) is 0 Å². The number of carbonyl (C=O) groups is 1. The number of nitrogens with zero attached hydrogens (tertiary/aromatic N) is 2. The Kier molecular flexibility index (Phi) is 4.22. The number of hydrogen-bond donors (Lipinski definition) is 0. The molecule has 0 bridgehead atoms. The zero-order valence-corrected chi connectivity index (χ0v) is 8.75. The van der Waals surface area contributed by atoms with E-state index in [4.69, 9.17) is 0 Å². The standard InChI is InChI=1S/C10H20N2O/c1-11(2)7-5-9-12-8-4-3-6-10(12)13/h3-9H2,1-2H3. The summed E-state index contributed by atoms with van der Waals surface area (Å²) in [6.45, 7) is 2.99. The minimum absolute atomic E-state index is 0.352. The molecule has 0 saturated carbocycles. The van der Waals surface area contributed by atoms with E-state index in [-0.39, 0.29) is 0 Å². The minimum atomic E-state index is 0.352. The molecule has 0 aromatic heterocycles. The Morgan fingerprint density at radius 3 is 2.77 bits per heavy atom. The normalized spacial score (nSPS) is 18.4. The van der Waals surface area contributed by atoms with Crippen LogP contribution < -0.4 is 0 Å². The second kappa shape index (κ2) is 5.22. The topological polar surface area (TPSA) is 23.6 Å². The van der Waals surface area contributed by atoms with Crippen molar-refractivity contribution in [2.45, 2.75) is 25.7 Å². The van der Waals surface area contributed by atoms with Gasteiger partial charge in [-0.3, -0.25) is 4.79 Å². The van der Waals surface area contributed by atoms with E-state index in [9.17, 15) is 4.79 Å². The van der Waals surface area contributed by atoms with Crippen molar-refractivity contribution in [2.75, 3.05) is 33.7 Å². The second-order valence-corrected chi connectivity index (χ2v) is 3.99. The van der Waals surface area contributed by atoms with E-state index in [0.29, 0.717) is 5.91 Å². The van der Waals surface area contributed by atoms with E-state index in [0.717, 1.165) is 38.9 Å². The maximum atomic E-state index is 11.4. The van der Waals surface area contributed by atoms with Gasteiger partial charge in [0, 0.05) is 19.5 Å². The van der Waals surface area contributed by atoms with Crippen molar-refractivity contribution in [1.29, 1.82) is 0 Å². The molecule has 0 N–H and O–H groups in total. The molecule has 1 aliphatic heterocycles. The van der Waals surface area contributed by atoms with Crippen LogP contribution in [-0.4, -0.2) is 49.4 Å². The van der Waals surface area contributed by atoms with Crippen LogP contribution in [0.5, 0.6) is 0 Å². The molecule has 1 rings (SSSR count). The number of hydrogen-bond acceptors (Lipinski definition) is 2. The highest BCUT2D eigenvalue weighted by atomic mass is 16.2. The zero-order valence-electron chi connectivity index (χ0n) is 8.75. The zero-order chi connectivity index (χ0) is 9.68. The van der Waals surface area contributed by atoms with E-state index >= 15 is 0 Å². The van der Waals surface area contributed by atoms with Gasteiger partial charge in [0.25, 0.3) is 0 Å². The maximum Gasteiger partial charge on any atom is 0.222 e. The smallest absolute Gasteiger partial charge is 0.222 e. The molecule has 1 saturated heterocycles. The van der Waals surface area contributed by atoms with Crippen LogP contribution in [0, 0.1) is 0 Å². The molecule has 13 heavy (non-hydrogen) atoms. The molecule has 0 aromatic carbocycles. The second-order valence-electron chi connectivity index (χ2n) is 3.99. The molecule has 1 amide bonds. The summed E-state index contributed by atoms with van der Waals surface area (Å²) in [7, 11) is 4.13. The molecule has 0 radical (unpaired) electrons. The average Bonchev–Trinajstić information content (AvgIpc) is 2.08. The molecule has 1 heterocycles. The van der Waals surface area contributed by atoms with Crippen LogP contribution in [0.25, 0.3) is 0 Å². The molecule has 0 aliphatic carbocycles. The van der Waals surface area contributed by atoms with Gasteiger partial charge in [0.05, 0.1) is 0 Å². The highest BCUT2D eigenvalue weighted by molar-refractivity contribution is 5.76. The van der Waals surface area contributed by atoms with Crippen LogP contribution in [0.3, 0.4) is 0 Å². The van der Waals surface area contributed by atoms with Crippen molar-refractivity contribution in [2.24, 2.45) is 0 Å². The highest BCUT2D eigenvalue weighted by Crippen LogP contribution is 2.10. The van der Waals surface area contributed by atoms with Gasteiger partial charge in [0.15, 0.2) is 0 Å².